The van der Waals surface area contributed by atoms with E-state index in [0.29, 0.717) is 38.8 Å². The molecule has 1 aliphatic heterocycles. The Labute approximate surface area is 203 Å². The van der Waals surface area contributed by atoms with Gasteiger partial charge in [-0.1, -0.05) is 31.2 Å². The lowest BCUT2D eigenvalue weighted by molar-refractivity contribution is 0.476. The molecule has 0 bridgehead atoms. The summed E-state index contributed by atoms with van der Waals surface area (Å²) in [5.41, 5.74) is 3.70. The number of aryl methyl sites for hydroxylation is 3. The fourth-order valence-corrected chi connectivity index (χ4v) is 6.65. The third-order valence-electron chi connectivity index (χ3n) is 6.21. The van der Waals surface area contributed by atoms with Crippen LogP contribution in [0.15, 0.2) is 55.6 Å². The van der Waals surface area contributed by atoms with Crippen molar-refractivity contribution < 1.29 is 30.4 Å². The van der Waals surface area contributed by atoms with Crippen LogP contribution in [-0.2, 0) is 26.7 Å². The van der Waals surface area contributed by atoms with Gasteiger partial charge in [-0.15, -0.1) is 0 Å². The monoisotopic (exact) mass is 515 g/mol. The summed E-state index contributed by atoms with van der Waals surface area (Å²) in [6.07, 6.45) is 0.277. The summed E-state index contributed by atoms with van der Waals surface area (Å²) in [7, 11) is -8.23. The van der Waals surface area contributed by atoms with E-state index in [1.165, 1.54) is 7.05 Å². The average molecular weight is 516 g/mol. The Bertz CT molecular complexity index is 1770. The number of nitrogens with zero attached hydrogens (tertiary/aromatic N) is 1. The van der Waals surface area contributed by atoms with Gasteiger partial charge in [-0.3, -0.25) is 14.1 Å². The quantitative estimate of drug-likeness (QED) is 0.297. The summed E-state index contributed by atoms with van der Waals surface area (Å²) in [4.78, 5) is 3.05. The number of benzene rings is 3. The molecule has 0 fully saturated rings. The maximum absolute atomic E-state index is 12.6. The zero-order chi connectivity index (χ0) is 25.9. The summed E-state index contributed by atoms with van der Waals surface area (Å²) < 4.78 is 76.7. The van der Waals surface area contributed by atoms with E-state index in [1.807, 2.05) is 31.2 Å². The fourth-order valence-electron chi connectivity index (χ4n) is 4.76. The van der Waals surface area contributed by atoms with E-state index >= 15 is 0 Å². The molecule has 0 aromatic heterocycles. The van der Waals surface area contributed by atoms with E-state index in [0.717, 1.165) is 5.56 Å². The minimum Gasteiger partial charge on any atom is -0.453 e. The van der Waals surface area contributed by atoms with Gasteiger partial charge in [-0.05, 0) is 67.1 Å². The van der Waals surface area contributed by atoms with Gasteiger partial charge in [0.15, 0.2) is 16.2 Å². The van der Waals surface area contributed by atoms with Crippen molar-refractivity contribution in [2.24, 2.45) is 4.99 Å². The van der Waals surface area contributed by atoms with Crippen molar-refractivity contribution in [1.29, 1.82) is 0 Å². The van der Waals surface area contributed by atoms with E-state index < -0.39 is 30.0 Å². The van der Waals surface area contributed by atoms with Crippen LogP contribution in [0.5, 0.6) is 0 Å². The van der Waals surface area contributed by atoms with Gasteiger partial charge in [0, 0.05) is 23.6 Å². The van der Waals surface area contributed by atoms with Gasteiger partial charge in [0.25, 0.3) is 20.2 Å². The Hall–Kier alpha value is -3.05. The predicted molar refractivity (Wildman–Crippen MR) is 133 cm³/mol. The lowest BCUT2D eigenvalue weighted by atomic mass is 9.89. The molecule has 0 amide bonds. The van der Waals surface area contributed by atoms with Crippen molar-refractivity contribution in [2.75, 3.05) is 7.05 Å². The Balaban J connectivity index is 2.49. The third kappa shape index (κ3) is 4.06. The molecule has 35 heavy (non-hydrogen) atoms. The Kier molecular flexibility index (Phi) is 6.13. The largest absolute Gasteiger partial charge is 0.453 e. The number of fused-ring (bicyclic) bond motifs is 2. The first-order valence-corrected chi connectivity index (χ1v) is 13.7. The van der Waals surface area contributed by atoms with Crippen LogP contribution in [-0.4, -0.2) is 33.0 Å². The first-order chi connectivity index (χ1) is 16.3. The Morgan fingerprint density at radius 1 is 0.857 bits per heavy atom. The molecular weight excluding hydrogens is 490 g/mol. The zero-order valence-electron chi connectivity index (χ0n) is 19.9. The highest BCUT2D eigenvalue weighted by atomic mass is 32.2. The van der Waals surface area contributed by atoms with Crippen LogP contribution >= 0.6 is 0 Å². The summed E-state index contributed by atoms with van der Waals surface area (Å²) in [5.74, 6) is -0.250. The molecule has 0 saturated heterocycles. The molecule has 0 atom stereocenters. The molecule has 0 spiro atoms. The highest BCUT2D eigenvalue weighted by Crippen LogP contribution is 2.46. The van der Waals surface area contributed by atoms with Crippen molar-refractivity contribution in [3.8, 4) is 22.5 Å². The predicted octanol–water partition coefficient (Wildman–Crippen LogP) is 4.72. The summed E-state index contributed by atoms with van der Waals surface area (Å²) >= 11 is 0. The van der Waals surface area contributed by atoms with Gasteiger partial charge in [0.05, 0.1) is 5.36 Å². The van der Waals surface area contributed by atoms with Crippen molar-refractivity contribution in [1.82, 2.24) is 0 Å². The topological polar surface area (TPSA) is 134 Å². The van der Waals surface area contributed by atoms with Gasteiger partial charge >= 0.3 is 0 Å². The van der Waals surface area contributed by atoms with Crippen LogP contribution in [0.3, 0.4) is 0 Å². The van der Waals surface area contributed by atoms with Crippen molar-refractivity contribution in [3.05, 3.63) is 64.0 Å². The molecule has 1 aliphatic carbocycles. The molecule has 2 N–H and O–H groups in total. The second-order valence-corrected chi connectivity index (χ2v) is 11.2. The summed E-state index contributed by atoms with van der Waals surface area (Å²) in [5, 5.41) is 0.381. The smallest absolute Gasteiger partial charge is 0.300 e. The molecule has 1 heterocycles. The van der Waals surface area contributed by atoms with Crippen molar-refractivity contribution in [2.45, 2.75) is 43.9 Å². The molecule has 0 radical (unpaired) electrons. The number of rotatable bonds is 4. The van der Waals surface area contributed by atoms with Crippen LogP contribution in [0.25, 0.3) is 33.4 Å². The van der Waals surface area contributed by atoms with Crippen LogP contribution in [0.4, 0.5) is 0 Å². The number of hydrogen-bond acceptors (Lipinski definition) is 6. The van der Waals surface area contributed by atoms with Crippen LogP contribution in [0.2, 0.25) is 0 Å². The van der Waals surface area contributed by atoms with E-state index in [-0.39, 0.29) is 23.1 Å². The zero-order valence-corrected chi connectivity index (χ0v) is 21.5. The molecule has 2 aliphatic rings. The van der Waals surface area contributed by atoms with E-state index in [9.17, 15) is 25.9 Å². The minimum atomic E-state index is -4.84. The highest BCUT2D eigenvalue weighted by molar-refractivity contribution is 7.86. The van der Waals surface area contributed by atoms with Gasteiger partial charge in [0.1, 0.15) is 4.90 Å². The highest BCUT2D eigenvalue weighted by Gasteiger charge is 2.32. The second-order valence-electron chi connectivity index (χ2n) is 8.44. The van der Waals surface area contributed by atoms with Gasteiger partial charge < -0.3 is 4.42 Å². The molecular formula is C25H25NO7S2. The second kappa shape index (κ2) is 8.56. The average Bonchev–Trinajstić information content (AvgIpc) is 2.75. The van der Waals surface area contributed by atoms with Crippen LogP contribution in [0.1, 0.15) is 29.2 Å². The standard InChI is InChI=1S/C25H25NO7S2/c1-6-16-14(3)11-18-20(17-10-8-7-9-13(17)2)19-12-15(4)21(26-5)25(35(30,31)32)23(19)33-22(18)24(16)34(27,28)29/h7-12H,6H2,1-5H3,(H,27,28,29)(H,30,31,32). The first-order valence-electron chi connectivity index (χ1n) is 10.8. The molecule has 2 aromatic rings. The SMILES string of the molecule is CCc1c(C)cc2c(-c3ccccc3C)c3cc(C)c(=NC)c(S(=O)(=O)O)c-3oc2c1S(=O)(=O)O. The lowest BCUT2D eigenvalue weighted by Gasteiger charge is -2.22. The molecule has 10 heteroatoms. The van der Waals surface area contributed by atoms with Gasteiger partial charge in [-0.25, -0.2) is 0 Å². The Morgan fingerprint density at radius 3 is 2.03 bits per heavy atom. The van der Waals surface area contributed by atoms with Crippen LogP contribution in [0, 0.1) is 20.8 Å². The molecule has 0 unspecified atom stereocenters. The minimum absolute atomic E-state index is 0.00457. The number of hydrogen-bond donors (Lipinski definition) is 2. The maximum Gasteiger partial charge on any atom is 0.300 e. The van der Waals surface area contributed by atoms with E-state index in [4.69, 9.17) is 4.42 Å². The molecule has 4 rings (SSSR count). The summed E-state index contributed by atoms with van der Waals surface area (Å²) in [6, 6.07) is 10.8. The Morgan fingerprint density at radius 2 is 1.49 bits per heavy atom. The van der Waals surface area contributed by atoms with Gasteiger partial charge in [-0.2, -0.15) is 16.8 Å². The molecule has 2 aromatic carbocycles. The maximum atomic E-state index is 12.6. The summed E-state index contributed by atoms with van der Waals surface area (Å²) in [6.45, 7) is 7.03. The van der Waals surface area contributed by atoms with E-state index in [2.05, 4.69) is 4.99 Å². The van der Waals surface area contributed by atoms with Gasteiger partial charge in [0.2, 0.25) is 0 Å². The lowest BCUT2D eigenvalue weighted by Crippen LogP contribution is -2.20. The molecule has 0 saturated carbocycles. The first kappa shape index (κ1) is 25.1. The van der Waals surface area contributed by atoms with Crippen LogP contribution < -0.4 is 5.36 Å². The molecule has 184 valence electrons. The third-order valence-corrected chi connectivity index (χ3v) is 8.05. The van der Waals surface area contributed by atoms with Crippen molar-refractivity contribution in [3.63, 3.8) is 0 Å². The normalized spacial score (nSPS) is 13.2. The molecule has 8 nitrogen and oxygen atoms in total. The van der Waals surface area contributed by atoms with E-state index in [1.54, 1.807) is 32.9 Å². The van der Waals surface area contributed by atoms with Crippen molar-refractivity contribution >= 4 is 31.2 Å². The fraction of sp³-hybridized carbons (Fsp3) is 0.240.